The predicted molar refractivity (Wildman–Crippen MR) is 121 cm³/mol. The van der Waals surface area contributed by atoms with Crippen molar-refractivity contribution in [3.8, 4) is 23.0 Å². The van der Waals surface area contributed by atoms with E-state index >= 15 is 0 Å². The molecule has 1 heterocycles. The fourth-order valence-electron chi connectivity index (χ4n) is 3.47. The van der Waals surface area contributed by atoms with Gasteiger partial charge < -0.3 is 24.7 Å². The number of hydrogen-bond acceptors (Lipinski definition) is 6. The highest BCUT2D eigenvalue weighted by Gasteiger charge is 2.18. The molecule has 0 saturated carbocycles. The van der Waals surface area contributed by atoms with Gasteiger partial charge in [-0.15, -0.1) is 0 Å². The highest BCUT2D eigenvalue weighted by Crippen LogP contribution is 2.32. The summed E-state index contributed by atoms with van der Waals surface area (Å²) in [6.07, 6.45) is 3.09. The molecule has 0 radical (unpaired) electrons. The lowest BCUT2D eigenvalue weighted by Crippen LogP contribution is -2.25. The molecular formula is C24H36N2O4. The van der Waals surface area contributed by atoms with Gasteiger partial charge in [0.25, 0.3) is 0 Å². The van der Waals surface area contributed by atoms with E-state index in [1.165, 1.54) is 16.7 Å². The second kappa shape index (κ2) is 12.3. The Kier molecular flexibility index (Phi) is 9.77. The van der Waals surface area contributed by atoms with E-state index in [4.69, 9.17) is 24.7 Å². The van der Waals surface area contributed by atoms with Gasteiger partial charge >= 0.3 is 0 Å². The van der Waals surface area contributed by atoms with Crippen molar-refractivity contribution in [2.45, 2.75) is 32.7 Å². The van der Waals surface area contributed by atoms with E-state index in [0.29, 0.717) is 0 Å². The van der Waals surface area contributed by atoms with Crippen LogP contribution in [0, 0.1) is 0 Å². The van der Waals surface area contributed by atoms with E-state index in [1.807, 2.05) is 6.07 Å². The molecule has 1 aliphatic heterocycles. The third kappa shape index (κ3) is 6.54. The summed E-state index contributed by atoms with van der Waals surface area (Å²) in [4.78, 5) is 2.47. The molecule has 6 nitrogen and oxygen atoms in total. The van der Waals surface area contributed by atoms with Crippen LogP contribution < -0.4 is 24.7 Å². The van der Waals surface area contributed by atoms with E-state index in [2.05, 4.69) is 36.1 Å². The number of methoxy groups -OCH3 is 4. The van der Waals surface area contributed by atoms with Crippen molar-refractivity contribution in [1.29, 1.82) is 0 Å². The Balaban J connectivity index is 0.000000735. The van der Waals surface area contributed by atoms with E-state index < -0.39 is 0 Å². The second-order valence-corrected chi connectivity index (χ2v) is 7.26. The topological polar surface area (TPSA) is 66.2 Å². The van der Waals surface area contributed by atoms with Gasteiger partial charge in [-0.05, 0) is 66.8 Å². The van der Waals surface area contributed by atoms with E-state index in [-0.39, 0.29) is 0 Å². The highest BCUT2D eigenvalue weighted by atomic mass is 16.5. The van der Waals surface area contributed by atoms with Crippen LogP contribution in [-0.4, -0.2) is 53.0 Å². The predicted octanol–water partition coefficient (Wildman–Crippen LogP) is 3.68. The van der Waals surface area contributed by atoms with Crippen LogP contribution in [0.1, 0.15) is 30.0 Å². The molecule has 0 saturated heterocycles. The van der Waals surface area contributed by atoms with Crippen molar-refractivity contribution in [2.75, 3.05) is 48.1 Å². The molecule has 3 rings (SSSR count). The lowest BCUT2D eigenvalue weighted by molar-refractivity contribution is 0.278. The van der Waals surface area contributed by atoms with Gasteiger partial charge in [-0.1, -0.05) is 6.92 Å². The molecule has 2 N–H and O–H groups in total. The Bertz CT molecular complexity index is 736. The van der Waals surface area contributed by atoms with Gasteiger partial charge in [0, 0.05) is 25.7 Å². The molecule has 30 heavy (non-hydrogen) atoms. The van der Waals surface area contributed by atoms with Gasteiger partial charge in [0.05, 0.1) is 28.4 Å². The zero-order chi connectivity index (χ0) is 21.9. The van der Waals surface area contributed by atoms with E-state index in [9.17, 15) is 0 Å². The van der Waals surface area contributed by atoms with Gasteiger partial charge in [-0.2, -0.15) is 0 Å². The lowest BCUT2D eigenvalue weighted by atomic mass is 10.0. The highest BCUT2D eigenvalue weighted by molar-refractivity contribution is 5.48. The van der Waals surface area contributed by atoms with E-state index in [0.717, 1.165) is 68.4 Å². The fraction of sp³-hybridized carbons (Fsp3) is 0.500. The summed E-state index contributed by atoms with van der Waals surface area (Å²) in [6.45, 7) is 5.75. The maximum atomic E-state index is 5.45. The second-order valence-electron chi connectivity index (χ2n) is 7.26. The quantitative estimate of drug-likeness (QED) is 0.743. The number of nitrogens with two attached hydrogens (primary N) is 1. The summed E-state index contributed by atoms with van der Waals surface area (Å²) in [7, 11) is 6.73. The van der Waals surface area contributed by atoms with Crippen molar-refractivity contribution in [2.24, 2.45) is 5.73 Å². The summed E-state index contributed by atoms with van der Waals surface area (Å²) in [5.74, 6) is 3.26. The van der Waals surface area contributed by atoms with Crippen LogP contribution in [0.3, 0.4) is 0 Å². The maximum absolute atomic E-state index is 5.45. The summed E-state index contributed by atoms with van der Waals surface area (Å²) < 4.78 is 21.7. The normalized spacial score (nSPS) is 13.4. The Labute approximate surface area is 180 Å². The zero-order valence-electron chi connectivity index (χ0n) is 19.0. The molecule has 0 atom stereocenters. The first-order valence-electron chi connectivity index (χ1n) is 10.5. The fourth-order valence-corrected chi connectivity index (χ4v) is 3.47. The summed E-state index contributed by atoms with van der Waals surface area (Å²) >= 11 is 0. The van der Waals surface area contributed by atoms with Crippen LogP contribution in [0.15, 0.2) is 30.3 Å². The Hall–Kier alpha value is -2.44. The first-order chi connectivity index (χ1) is 14.6. The SMILES string of the molecule is CCCN.COc1cc(CN2CCc3cc(OC)c(OC)cc3CC2)cc(OC)c1. The average Bonchev–Trinajstić information content (AvgIpc) is 2.99. The first-order valence-corrected chi connectivity index (χ1v) is 10.5. The monoisotopic (exact) mass is 416 g/mol. The first kappa shape index (κ1) is 23.8. The van der Waals surface area contributed by atoms with Gasteiger partial charge in [0.2, 0.25) is 0 Å². The maximum Gasteiger partial charge on any atom is 0.161 e. The molecule has 0 bridgehead atoms. The van der Waals surface area contributed by atoms with Crippen LogP contribution in [0.2, 0.25) is 0 Å². The standard InChI is InChI=1S/C21H27NO4.C3H9N/c1-23-18-9-15(10-19(13-18)24-2)14-22-7-5-16-11-20(25-3)21(26-4)12-17(16)6-8-22;1-2-3-4/h9-13H,5-8,14H2,1-4H3;2-4H2,1H3. The Morgan fingerprint density at radius 3 is 1.60 bits per heavy atom. The number of hydrogen-bond donors (Lipinski definition) is 1. The van der Waals surface area contributed by atoms with E-state index in [1.54, 1.807) is 28.4 Å². The minimum absolute atomic E-state index is 0.803. The van der Waals surface area contributed by atoms with Crippen molar-refractivity contribution in [3.05, 3.63) is 47.0 Å². The number of rotatable bonds is 7. The molecule has 1 aliphatic rings. The van der Waals surface area contributed by atoms with Gasteiger partial charge in [-0.25, -0.2) is 0 Å². The molecule has 2 aromatic rings. The molecule has 6 heteroatoms. The number of nitrogens with zero attached hydrogens (tertiary/aromatic N) is 1. The largest absolute Gasteiger partial charge is 0.497 e. The van der Waals surface area contributed by atoms with Crippen molar-refractivity contribution in [3.63, 3.8) is 0 Å². The number of ether oxygens (including phenoxy) is 4. The van der Waals surface area contributed by atoms with Crippen LogP contribution in [-0.2, 0) is 19.4 Å². The van der Waals surface area contributed by atoms with Crippen molar-refractivity contribution >= 4 is 0 Å². The van der Waals surface area contributed by atoms with Crippen LogP contribution >= 0.6 is 0 Å². The Morgan fingerprint density at radius 1 is 0.767 bits per heavy atom. The summed E-state index contributed by atoms with van der Waals surface area (Å²) in [5, 5.41) is 0. The molecule has 0 aromatic heterocycles. The number of benzene rings is 2. The van der Waals surface area contributed by atoms with Crippen LogP contribution in [0.25, 0.3) is 0 Å². The molecule has 0 unspecified atom stereocenters. The molecule has 0 fully saturated rings. The molecule has 0 spiro atoms. The summed E-state index contributed by atoms with van der Waals surface area (Å²) in [5.41, 5.74) is 8.91. The minimum Gasteiger partial charge on any atom is -0.497 e. The third-order valence-electron chi connectivity index (χ3n) is 5.21. The number of fused-ring (bicyclic) bond motifs is 1. The minimum atomic E-state index is 0.803. The Morgan fingerprint density at radius 2 is 1.23 bits per heavy atom. The molecular weight excluding hydrogens is 380 g/mol. The van der Waals surface area contributed by atoms with Gasteiger partial charge in [0.1, 0.15) is 11.5 Å². The lowest BCUT2D eigenvalue weighted by Gasteiger charge is -2.20. The van der Waals surface area contributed by atoms with Gasteiger partial charge in [0.15, 0.2) is 11.5 Å². The molecule has 166 valence electrons. The molecule has 2 aromatic carbocycles. The summed E-state index contributed by atoms with van der Waals surface area (Å²) in [6, 6.07) is 10.3. The molecule has 0 aliphatic carbocycles. The van der Waals surface area contributed by atoms with Crippen LogP contribution in [0.5, 0.6) is 23.0 Å². The van der Waals surface area contributed by atoms with Crippen molar-refractivity contribution < 1.29 is 18.9 Å². The van der Waals surface area contributed by atoms with Crippen LogP contribution in [0.4, 0.5) is 0 Å². The third-order valence-corrected chi connectivity index (χ3v) is 5.21. The smallest absolute Gasteiger partial charge is 0.161 e. The van der Waals surface area contributed by atoms with Gasteiger partial charge in [-0.3, -0.25) is 4.90 Å². The zero-order valence-corrected chi connectivity index (χ0v) is 19.0. The van der Waals surface area contributed by atoms with Crippen molar-refractivity contribution in [1.82, 2.24) is 4.90 Å². The molecule has 0 amide bonds. The average molecular weight is 417 g/mol.